The highest BCUT2D eigenvalue weighted by molar-refractivity contribution is 7.92. The number of aromatic amines is 1. The second kappa shape index (κ2) is 9.98. The fourth-order valence-electron chi connectivity index (χ4n) is 3.77. The molecular formula is C26H22FN5O5S. The number of sulfonamides is 1. The molecule has 0 saturated carbocycles. The van der Waals surface area contributed by atoms with Gasteiger partial charge in [-0.2, -0.15) is 5.10 Å². The van der Waals surface area contributed by atoms with Crippen LogP contribution in [0.15, 0.2) is 71.8 Å². The lowest BCUT2D eigenvalue weighted by atomic mass is 10.1. The molecule has 3 heterocycles. The first-order valence-electron chi connectivity index (χ1n) is 11.3. The van der Waals surface area contributed by atoms with Gasteiger partial charge < -0.3 is 14.2 Å². The number of anilines is 1. The van der Waals surface area contributed by atoms with Crippen molar-refractivity contribution in [1.29, 1.82) is 0 Å². The maximum atomic E-state index is 14.2. The third-order valence-corrected chi connectivity index (χ3v) is 7.07. The molecule has 2 N–H and O–H groups in total. The monoisotopic (exact) mass is 535 g/mol. The Labute approximate surface area is 217 Å². The molecule has 0 aliphatic carbocycles. The molecule has 0 unspecified atom stereocenters. The standard InChI is InChI=1S/C26H22FN5O5S/c1-15-25-22(31-30-15)13-21(29-26(25)37-19-9-11-24(36-3)28-14-19)16-4-6-17(7-5-16)32-38(33,34)23-12-18(35-2)8-10-20(23)27/h4-14,32H,1-3H3,(H,30,31). The van der Waals surface area contributed by atoms with Crippen molar-refractivity contribution in [2.75, 3.05) is 18.9 Å². The summed E-state index contributed by atoms with van der Waals surface area (Å²) in [5, 5.41) is 8.00. The lowest BCUT2D eigenvalue weighted by Gasteiger charge is -2.11. The Balaban J connectivity index is 1.44. The van der Waals surface area contributed by atoms with Gasteiger partial charge in [-0.3, -0.25) is 9.82 Å². The average Bonchev–Trinajstić information content (AvgIpc) is 3.30. The number of nitrogens with one attached hydrogen (secondary N) is 2. The van der Waals surface area contributed by atoms with Gasteiger partial charge in [0.2, 0.25) is 11.8 Å². The highest BCUT2D eigenvalue weighted by Crippen LogP contribution is 2.34. The van der Waals surface area contributed by atoms with E-state index < -0.39 is 20.7 Å². The van der Waals surface area contributed by atoms with Crippen molar-refractivity contribution in [2.24, 2.45) is 0 Å². The largest absolute Gasteiger partial charge is 0.497 e. The zero-order valence-corrected chi connectivity index (χ0v) is 21.3. The molecule has 0 saturated heterocycles. The zero-order valence-electron chi connectivity index (χ0n) is 20.5. The lowest BCUT2D eigenvalue weighted by molar-refractivity contribution is 0.394. The van der Waals surface area contributed by atoms with Gasteiger partial charge in [-0.25, -0.2) is 22.8 Å². The van der Waals surface area contributed by atoms with E-state index in [1.54, 1.807) is 42.5 Å². The van der Waals surface area contributed by atoms with Crippen molar-refractivity contribution in [3.63, 3.8) is 0 Å². The van der Waals surface area contributed by atoms with Crippen LogP contribution in [0.3, 0.4) is 0 Å². The minimum atomic E-state index is -4.20. The van der Waals surface area contributed by atoms with E-state index in [2.05, 4.69) is 24.9 Å². The van der Waals surface area contributed by atoms with Crippen LogP contribution in [0.2, 0.25) is 0 Å². The third kappa shape index (κ3) is 4.93. The summed E-state index contributed by atoms with van der Waals surface area (Å²) >= 11 is 0. The fraction of sp³-hybridized carbons (Fsp3) is 0.115. The molecule has 10 nitrogen and oxygen atoms in total. The second-order valence-corrected chi connectivity index (χ2v) is 9.82. The number of H-pyrrole nitrogens is 1. The Morgan fingerprint density at radius 3 is 2.39 bits per heavy atom. The summed E-state index contributed by atoms with van der Waals surface area (Å²) in [6.45, 7) is 1.86. The number of rotatable bonds is 8. The van der Waals surface area contributed by atoms with Crippen LogP contribution in [0.25, 0.3) is 22.2 Å². The highest BCUT2D eigenvalue weighted by Gasteiger charge is 2.21. The van der Waals surface area contributed by atoms with Gasteiger partial charge in [0.1, 0.15) is 22.2 Å². The number of halogens is 1. The van der Waals surface area contributed by atoms with Gasteiger partial charge in [0, 0.05) is 29.1 Å². The SMILES string of the molecule is COc1ccc(F)c(S(=O)(=O)Nc2ccc(-c3cc4n[nH]c(C)c4c(Oc4ccc(OC)nc4)n3)cc2)c1. The number of ether oxygens (including phenoxy) is 3. The van der Waals surface area contributed by atoms with E-state index in [1.165, 1.54) is 26.5 Å². The minimum absolute atomic E-state index is 0.223. The van der Waals surface area contributed by atoms with Crippen LogP contribution in [-0.2, 0) is 10.0 Å². The van der Waals surface area contributed by atoms with Gasteiger partial charge in [-0.1, -0.05) is 12.1 Å². The summed E-state index contributed by atoms with van der Waals surface area (Å²) in [5.41, 5.74) is 2.90. The molecule has 0 atom stereocenters. The Morgan fingerprint density at radius 2 is 1.71 bits per heavy atom. The van der Waals surface area contributed by atoms with Crippen molar-refractivity contribution in [3.8, 4) is 34.5 Å². The van der Waals surface area contributed by atoms with Crippen molar-refractivity contribution >= 4 is 26.6 Å². The molecular weight excluding hydrogens is 513 g/mol. The van der Waals surface area contributed by atoms with Crippen LogP contribution in [0, 0.1) is 12.7 Å². The van der Waals surface area contributed by atoms with Crippen molar-refractivity contribution in [3.05, 3.63) is 78.4 Å². The normalized spacial score (nSPS) is 11.4. The molecule has 5 rings (SSSR count). The molecule has 194 valence electrons. The smallest absolute Gasteiger partial charge is 0.264 e. The zero-order chi connectivity index (χ0) is 26.9. The minimum Gasteiger partial charge on any atom is -0.497 e. The topological polar surface area (TPSA) is 128 Å². The molecule has 0 fully saturated rings. The highest BCUT2D eigenvalue weighted by atomic mass is 32.2. The van der Waals surface area contributed by atoms with Crippen LogP contribution in [0.1, 0.15) is 5.69 Å². The molecule has 0 aliphatic rings. The van der Waals surface area contributed by atoms with Gasteiger partial charge in [0.15, 0.2) is 0 Å². The molecule has 0 spiro atoms. The number of pyridine rings is 2. The quantitative estimate of drug-likeness (QED) is 0.282. The van der Waals surface area contributed by atoms with Gasteiger partial charge in [0.25, 0.3) is 10.0 Å². The van der Waals surface area contributed by atoms with E-state index in [4.69, 9.17) is 14.2 Å². The number of aryl methyl sites for hydroxylation is 1. The van der Waals surface area contributed by atoms with Crippen LogP contribution in [0.5, 0.6) is 23.3 Å². The third-order valence-electron chi connectivity index (χ3n) is 5.68. The number of methoxy groups -OCH3 is 2. The number of hydrogen-bond acceptors (Lipinski definition) is 8. The van der Waals surface area contributed by atoms with Crippen LogP contribution < -0.4 is 18.9 Å². The molecule has 5 aromatic rings. The summed E-state index contributed by atoms with van der Waals surface area (Å²) in [7, 11) is -1.30. The van der Waals surface area contributed by atoms with E-state index in [9.17, 15) is 12.8 Å². The first-order chi connectivity index (χ1) is 18.3. The summed E-state index contributed by atoms with van der Waals surface area (Å²) < 4.78 is 58.4. The molecule has 0 bridgehead atoms. The van der Waals surface area contributed by atoms with Crippen molar-refractivity contribution in [1.82, 2.24) is 20.2 Å². The van der Waals surface area contributed by atoms with Gasteiger partial charge in [0.05, 0.1) is 37.0 Å². The number of fused-ring (bicyclic) bond motifs is 1. The van der Waals surface area contributed by atoms with Gasteiger partial charge >= 0.3 is 0 Å². The first kappa shape index (κ1) is 25.0. The maximum Gasteiger partial charge on any atom is 0.264 e. The maximum absolute atomic E-state index is 14.2. The fourth-order valence-corrected chi connectivity index (χ4v) is 4.92. The van der Waals surface area contributed by atoms with E-state index >= 15 is 0 Å². The first-order valence-corrected chi connectivity index (χ1v) is 12.8. The Hall–Kier alpha value is -4.71. The summed E-state index contributed by atoms with van der Waals surface area (Å²) in [5.74, 6) is 0.580. The van der Waals surface area contributed by atoms with Crippen molar-refractivity contribution in [2.45, 2.75) is 11.8 Å². The summed E-state index contributed by atoms with van der Waals surface area (Å²) in [6.07, 6.45) is 1.53. The number of benzene rings is 2. The Kier molecular flexibility index (Phi) is 6.55. The van der Waals surface area contributed by atoms with E-state index in [-0.39, 0.29) is 11.4 Å². The Morgan fingerprint density at radius 1 is 0.947 bits per heavy atom. The van der Waals surface area contributed by atoms with Gasteiger partial charge in [-0.05, 0) is 43.3 Å². The molecule has 3 aromatic heterocycles. The van der Waals surface area contributed by atoms with Crippen molar-refractivity contribution < 1.29 is 27.0 Å². The predicted molar refractivity (Wildman–Crippen MR) is 139 cm³/mol. The van der Waals surface area contributed by atoms with Crippen LogP contribution >= 0.6 is 0 Å². The van der Waals surface area contributed by atoms with Crippen LogP contribution in [-0.4, -0.2) is 42.8 Å². The lowest BCUT2D eigenvalue weighted by Crippen LogP contribution is -2.14. The molecule has 12 heteroatoms. The molecule has 0 radical (unpaired) electrons. The second-order valence-electron chi connectivity index (χ2n) is 8.17. The predicted octanol–water partition coefficient (Wildman–Crippen LogP) is 5.08. The van der Waals surface area contributed by atoms with Gasteiger partial charge in [-0.15, -0.1) is 0 Å². The van der Waals surface area contributed by atoms with E-state index in [0.29, 0.717) is 39.7 Å². The molecule has 38 heavy (non-hydrogen) atoms. The number of hydrogen-bond donors (Lipinski definition) is 2. The van der Waals surface area contributed by atoms with Crippen LogP contribution in [0.4, 0.5) is 10.1 Å². The molecule has 2 aromatic carbocycles. The number of nitrogens with zero attached hydrogens (tertiary/aromatic N) is 3. The molecule has 0 amide bonds. The van der Waals surface area contributed by atoms with E-state index in [1.807, 2.05) is 6.92 Å². The molecule has 0 aliphatic heterocycles. The van der Waals surface area contributed by atoms with E-state index in [0.717, 1.165) is 17.8 Å². The Bertz CT molecular complexity index is 1720. The average molecular weight is 536 g/mol. The summed E-state index contributed by atoms with van der Waals surface area (Å²) in [4.78, 5) is 8.32. The number of aromatic nitrogens is 4. The summed E-state index contributed by atoms with van der Waals surface area (Å²) in [6, 6.07) is 15.2.